The van der Waals surface area contributed by atoms with Gasteiger partial charge in [-0.1, -0.05) is 29.8 Å². The number of sulfonamides is 1. The van der Waals surface area contributed by atoms with Gasteiger partial charge in [0.2, 0.25) is 10.0 Å². The molecule has 0 bridgehead atoms. The second-order valence-electron chi connectivity index (χ2n) is 7.37. The van der Waals surface area contributed by atoms with E-state index in [0.717, 1.165) is 34.1 Å². The van der Waals surface area contributed by atoms with Gasteiger partial charge < -0.3 is 4.74 Å². The Balaban J connectivity index is 1.37. The van der Waals surface area contributed by atoms with Gasteiger partial charge >= 0.3 is 0 Å². The summed E-state index contributed by atoms with van der Waals surface area (Å²) in [6.45, 7) is 5.03. The maximum Gasteiger partial charge on any atom is 0.243 e. The van der Waals surface area contributed by atoms with E-state index in [2.05, 4.69) is 10.3 Å². The van der Waals surface area contributed by atoms with Gasteiger partial charge in [-0.15, -0.1) is 11.3 Å². The van der Waals surface area contributed by atoms with Gasteiger partial charge in [-0.2, -0.15) is 4.31 Å². The molecule has 3 aromatic rings. The number of aryl methyl sites for hydroxylation is 1. The van der Waals surface area contributed by atoms with Crippen LogP contribution in [0, 0.1) is 6.92 Å². The average Bonchev–Trinajstić information content (AvgIpc) is 3.23. The summed E-state index contributed by atoms with van der Waals surface area (Å²) in [6, 6.07) is 14.9. The Morgan fingerprint density at radius 2 is 1.80 bits per heavy atom. The van der Waals surface area contributed by atoms with E-state index in [0.29, 0.717) is 31.1 Å². The molecule has 0 N–H and O–H groups in total. The first-order valence-electron chi connectivity index (χ1n) is 9.84. The first-order valence-corrected chi connectivity index (χ1v) is 12.2. The molecule has 8 heteroatoms. The number of ether oxygens (including phenoxy) is 1. The molecule has 1 aliphatic rings. The fourth-order valence-electron chi connectivity index (χ4n) is 3.48. The van der Waals surface area contributed by atoms with Gasteiger partial charge in [0.15, 0.2) is 0 Å². The van der Waals surface area contributed by atoms with Crippen molar-refractivity contribution in [2.75, 3.05) is 33.3 Å². The maximum atomic E-state index is 12.9. The molecule has 30 heavy (non-hydrogen) atoms. The van der Waals surface area contributed by atoms with Crippen LogP contribution in [0.15, 0.2) is 58.8 Å². The molecule has 0 atom stereocenters. The lowest BCUT2D eigenvalue weighted by molar-refractivity contribution is 0.180. The summed E-state index contributed by atoms with van der Waals surface area (Å²) < 4.78 is 32.6. The Morgan fingerprint density at radius 3 is 2.50 bits per heavy atom. The summed E-state index contributed by atoms with van der Waals surface area (Å²) in [4.78, 5) is 7.38. The molecule has 1 aliphatic heterocycles. The van der Waals surface area contributed by atoms with Gasteiger partial charge in [0.05, 0.1) is 17.7 Å². The lowest BCUT2D eigenvalue weighted by Crippen LogP contribution is -2.48. The molecule has 1 saturated heterocycles. The van der Waals surface area contributed by atoms with Gasteiger partial charge in [-0.05, 0) is 31.2 Å². The Labute approximate surface area is 181 Å². The van der Waals surface area contributed by atoms with Crippen LogP contribution in [0.2, 0.25) is 0 Å². The van der Waals surface area contributed by atoms with Crippen LogP contribution in [0.1, 0.15) is 11.3 Å². The fraction of sp³-hybridized carbons (Fsp3) is 0.318. The van der Waals surface area contributed by atoms with Crippen molar-refractivity contribution in [1.82, 2.24) is 14.2 Å². The maximum absolute atomic E-state index is 12.9. The van der Waals surface area contributed by atoms with Crippen LogP contribution in [-0.4, -0.2) is 55.9 Å². The summed E-state index contributed by atoms with van der Waals surface area (Å²) in [5.74, 6) is 0.815. The zero-order valence-electron chi connectivity index (χ0n) is 17.1. The zero-order valence-corrected chi connectivity index (χ0v) is 18.7. The topological polar surface area (TPSA) is 62.7 Å². The molecule has 0 saturated carbocycles. The molecule has 4 rings (SSSR count). The molecule has 0 unspecified atom stereocenters. The lowest BCUT2D eigenvalue weighted by atomic mass is 10.2. The van der Waals surface area contributed by atoms with E-state index >= 15 is 0 Å². The SMILES string of the molecule is COc1cccc(-c2nc(CN3CCN(S(=O)(=O)c4ccc(C)cc4)CC3)cs2)c1. The number of methoxy groups -OCH3 is 1. The van der Waals surface area contributed by atoms with Gasteiger partial charge in [0.25, 0.3) is 0 Å². The van der Waals surface area contributed by atoms with Crippen molar-refractivity contribution in [2.45, 2.75) is 18.4 Å². The van der Waals surface area contributed by atoms with Gasteiger partial charge in [0, 0.05) is 43.7 Å². The summed E-state index contributed by atoms with van der Waals surface area (Å²) in [5.41, 5.74) is 3.10. The molecule has 158 valence electrons. The van der Waals surface area contributed by atoms with Crippen molar-refractivity contribution in [3.8, 4) is 16.3 Å². The van der Waals surface area contributed by atoms with E-state index in [-0.39, 0.29) is 0 Å². The van der Waals surface area contributed by atoms with Crippen molar-refractivity contribution < 1.29 is 13.2 Å². The average molecular weight is 444 g/mol. The monoisotopic (exact) mass is 443 g/mol. The highest BCUT2D eigenvalue weighted by Crippen LogP contribution is 2.27. The largest absolute Gasteiger partial charge is 0.497 e. The third-order valence-corrected chi connectivity index (χ3v) is 8.10. The van der Waals surface area contributed by atoms with Crippen molar-refractivity contribution in [3.63, 3.8) is 0 Å². The Morgan fingerprint density at radius 1 is 1.07 bits per heavy atom. The molecule has 2 aromatic carbocycles. The van der Waals surface area contributed by atoms with Crippen LogP contribution in [-0.2, 0) is 16.6 Å². The summed E-state index contributed by atoms with van der Waals surface area (Å²) in [6.07, 6.45) is 0. The number of aromatic nitrogens is 1. The van der Waals surface area contributed by atoms with Gasteiger partial charge in [-0.3, -0.25) is 4.90 Å². The lowest BCUT2D eigenvalue weighted by Gasteiger charge is -2.33. The molecule has 0 aliphatic carbocycles. The van der Waals surface area contributed by atoms with Crippen LogP contribution >= 0.6 is 11.3 Å². The van der Waals surface area contributed by atoms with E-state index < -0.39 is 10.0 Å². The first kappa shape index (κ1) is 21.0. The van der Waals surface area contributed by atoms with Gasteiger partial charge in [-0.25, -0.2) is 13.4 Å². The quantitative estimate of drug-likeness (QED) is 0.582. The predicted molar refractivity (Wildman–Crippen MR) is 119 cm³/mol. The Hall–Kier alpha value is -2.26. The van der Waals surface area contributed by atoms with Crippen LogP contribution < -0.4 is 4.74 Å². The molecular weight excluding hydrogens is 418 g/mol. The minimum Gasteiger partial charge on any atom is -0.497 e. The second kappa shape index (κ2) is 8.85. The number of hydrogen-bond acceptors (Lipinski definition) is 6. The standard InChI is InChI=1S/C22H25N3O3S2/c1-17-6-8-21(9-7-17)30(26,27)25-12-10-24(11-13-25)15-19-16-29-22(23-19)18-4-3-5-20(14-18)28-2/h3-9,14,16H,10-13,15H2,1-2H3. The Bertz CT molecular complexity index is 1100. The molecule has 1 fully saturated rings. The van der Waals surface area contributed by atoms with Crippen molar-refractivity contribution in [1.29, 1.82) is 0 Å². The normalized spacial score (nSPS) is 15.9. The summed E-state index contributed by atoms with van der Waals surface area (Å²) in [5, 5.41) is 3.04. The summed E-state index contributed by atoms with van der Waals surface area (Å²) >= 11 is 1.61. The fourth-order valence-corrected chi connectivity index (χ4v) is 5.71. The number of piperazine rings is 1. The molecule has 0 spiro atoms. The van der Waals surface area contributed by atoms with Gasteiger partial charge in [0.1, 0.15) is 10.8 Å². The number of rotatable bonds is 6. The highest BCUT2D eigenvalue weighted by Gasteiger charge is 2.28. The van der Waals surface area contributed by atoms with Crippen LogP contribution in [0.4, 0.5) is 0 Å². The highest BCUT2D eigenvalue weighted by atomic mass is 32.2. The van der Waals surface area contributed by atoms with E-state index in [4.69, 9.17) is 9.72 Å². The van der Waals surface area contributed by atoms with Crippen LogP contribution in [0.5, 0.6) is 5.75 Å². The number of hydrogen-bond donors (Lipinski definition) is 0. The van der Waals surface area contributed by atoms with Crippen LogP contribution in [0.3, 0.4) is 0 Å². The number of nitrogens with zero attached hydrogens (tertiary/aromatic N) is 3. The zero-order chi connectivity index (χ0) is 21.1. The third kappa shape index (κ3) is 4.57. The van der Waals surface area contributed by atoms with E-state index in [1.54, 1.807) is 34.9 Å². The molecule has 0 amide bonds. The predicted octanol–water partition coefficient (Wildman–Crippen LogP) is 3.63. The van der Waals surface area contributed by atoms with E-state index in [1.807, 2.05) is 43.3 Å². The van der Waals surface area contributed by atoms with E-state index in [1.165, 1.54) is 0 Å². The third-order valence-electron chi connectivity index (χ3n) is 5.24. The minimum absolute atomic E-state index is 0.365. The minimum atomic E-state index is -3.43. The van der Waals surface area contributed by atoms with Crippen molar-refractivity contribution >= 4 is 21.4 Å². The molecule has 0 radical (unpaired) electrons. The number of benzene rings is 2. The van der Waals surface area contributed by atoms with Crippen LogP contribution in [0.25, 0.3) is 10.6 Å². The molecule has 2 heterocycles. The smallest absolute Gasteiger partial charge is 0.243 e. The molecule has 6 nitrogen and oxygen atoms in total. The second-order valence-corrected chi connectivity index (χ2v) is 10.2. The molecule has 1 aromatic heterocycles. The van der Waals surface area contributed by atoms with Crippen molar-refractivity contribution in [2.24, 2.45) is 0 Å². The highest BCUT2D eigenvalue weighted by molar-refractivity contribution is 7.89. The molecular formula is C22H25N3O3S2. The van der Waals surface area contributed by atoms with E-state index in [9.17, 15) is 8.42 Å². The van der Waals surface area contributed by atoms with Crippen molar-refractivity contribution in [3.05, 3.63) is 65.2 Å². The Kier molecular flexibility index (Phi) is 6.19. The number of thiazole rings is 1. The summed E-state index contributed by atoms with van der Waals surface area (Å²) in [7, 11) is -1.77. The first-order chi connectivity index (χ1) is 14.5.